The molecule has 0 atom stereocenters. The average molecular weight is 291 g/mol. The van der Waals surface area contributed by atoms with Gasteiger partial charge < -0.3 is 4.57 Å². The monoisotopic (exact) mass is 291 g/mol. The van der Waals surface area contributed by atoms with Gasteiger partial charge in [-0.05, 0) is 72.9 Å². The molecule has 2 aromatic heterocycles. The Balaban J connectivity index is 2.00. The molecular weight excluding hydrogens is 275 g/mol. The van der Waals surface area contributed by atoms with Gasteiger partial charge in [-0.15, -0.1) is 0 Å². The van der Waals surface area contributed by atoms with Gasteiger partial charge in [0, 0.05) is 30.2 Å². The number of fused-ring (bicyclic) bond motifs is 1. The maximum atomic E-state index is 13.3. The third-order valence-electron chi connectivity index (χ3n) is 4.36. The Bertz CT molecular complexity index is 817. The first kappa shape index (κ1) is 13.3. The topological polar surface area (TPSA) is 17.8 Å². The predicted molar refractivity (Wildman–Crippen MR) is 85.8 cm³/mol. The van der Waals surface area contributed by atoms with E-state index in [0.29, 0.717) is 0 Å². The van der Waals surface area contributed by atoms with Crippen molar-refractivity contribution in [3.05, 3.63) is 72.8 Å². The Morgan fingerprint density at radius 3 is 2.45 bits per heavy atom. The van der Waals surface area contributed by atoms with Crippen LogP contribution < -0.4 is 0 Å². The van der Waals surface area contributed by atoms with Crippen molar-refractivity contribution >= 4 is 0 Å². The molecular formula is C19H16FN2. The fraction of sp³-hybridized carbons (Fsp3) is 0.158. The number of rotatable bonds is 2. The van der Waals surface area contributed by atoms with Crippen LogP contribution in [0.4, 0.5) is 4.39 Å². The van der Waals surface area contributed by atoms with Gasteiger partial charge in [0.25, 0.3) is 0 Å². The second-order valence-corrected chi connectivity index (χ2v) is 5.65. The van der Waals surface area contributed by atoms with Crippen molar-refractivity contribution in [3.63, 3.8) is 0 Å². The highest BCUT2D eigenvalue weighted by molar-refractivity contribution is 5.86. The molecule has 3 heterocycles. The lowest BCUT2D eigenvalue weighted by atomic mass is 9.97. The molecule has 0 saturated heterocycles. The first-order chi connectivity index (χ1) is 10.8. The molecule has 0 saturated carbocycles. The molecule has 1 aliphatic rings. The molecule has 1 radical (unpaired) electrons. The highest BCUT2D eigenvalue weighted by Gasteiger charge is 2.25. The van der Waals surface area contributed by atoms with Crippen LogP contribution in [0, 0.1) is 12.7 Å². The van der Waals surface area contributed by atoms with Gasteiger partial charge in [0.1, 0.15) is 5.82 Å². The zero-order valence-corrected chi connectivity index (χ0v) is 12.2. The number of hydrogen-bond donors (Lipinski definition) is 0. The van der Waals surface area contributed by atoms with Gasteiger partial charge in [-0.1, -0.05) is 0 Å². The van der Waals surface area contributed by atoms with E-state index in [9.17, 15) is 4.39 Å². The van der Waals surface area contributed by atoms with Crippen molar-refractivity contribution in [1.29, 1.82) is 0 Å². The molecule has 0 N–H and O–H groups in total. The fourth-order valence-electron chi connectivity index (χ4n) is 3.39. The zero-order chi connectivity index (χ0) is 15.1. The minimum absolute atomic E-state index is 0.211. The van der Waals surface area contributed by atoms with Crippen molar-refractivity contribution in [3.8, 4) is 22.4 Å². The summed E-state index contributed by atoms with van der Waals surface area (Å²) < 4.78 is 15.6. The minimum Gasteiger partial charge on any atom is -0.344 e. The highest BCUT2D eigenvalue weighted by Crippen LogP contribution is 2.41. The fourth-order valence-corrected chi connectivity index (χ4v) is 3.39. The molecule has 0 fully saturated rings. The maximum Gasteiger partial charge on any atom is 0.123 e. The van der Waals surface area contributed by atoms with E-state index in [0.717, 1.165) is 47.3 Å². The van der Waals surface area contributed by atoms with E-state index >= 15 is 0 Å². The number of nitrogens with zero attached hydrogens (tertiary/aromatic N) is 2. The number of pyridine rings is 1. The van der Waals surface area contributed by atoms with Crippen LogP contribution >= 0.6 is 0 Å². The smallest absolute Gasteiger partial charge is 0.123 e. The van der Waals surface area contributed by atoms with Gasteiger partial charge in [0.2, 0.25) is 0 Å². The normalized spacial score (nSPS) is 13.4. The van der Waals surface area contributed by atoms with Crippen LogP contribution in [0.5, 0.6) is 0 Å². The predicted octanol–water partition coefficient (Wildman–Crippen LogP) is 4.48. The summed E-state index contributed by atoms with van der Waals surface area (Å²) in [6, 6.07) is 10.7. The summed E-state index contributed by atoms with van der Waals surface area (Å²) in [6.45, 7) is 5.31. The van der Waals surface area contributed by atoms with Gasteiger partial charge in [-0.3, -0.25) is 4.98 Å². The first-order valence-electron chi connectivity index (χ1n) is 7.49. The molecule has 0 bridgehead atoms. The molecule has 3 heteroatoms. The van der Waals surface area contributed by atoms with E-state index in [1.165, 1.54) is 17.8 Å². The lowest BCUT2D eigenvalue weighted by Crippen LogP contribution is -1.96. The molecule has 1 aromatic carbocycles. The molecule has 0 unspecified atom stereocenters. The zero-order valence-electron chi connectivity index (χ0n) is 12.2. The van der Waals surface area contributed by atoms with Gasteiger partial charge in [-0.2, -0.15) is 0 Å². The number of aromatic nitrogens is 2. The summed E-state index contributed by atoms with van der Waals surface area (Å²) >= 11 is 0. The molecule has 109 valence electrons. The van der Waals surface area contributed by atoms with Gasteiger partial charge in [0.05, 0.1) is 5.69 Å². The molecule has 0 spiro atoms. The lowest BCUT2D eigenvalue weighted by molar-refractivity contribution is 0.628. The van der Waals surface area contributed by atoms with E-state index in [2.05, 4.69) is 16.5 Å². The van der Waals surface area contributed by atoms with E-state index in [1.54, 1.807) is 12.4 Å². The van der Waals surface area contributed by atoms with Crippen LogP contribution in [-0.2, 0) is 13.0 Å². The summed E-state index contributed by atoms with van der Waals surface area (Å²) in [6.07, 6.45) is 5.79. The number of benzene rings is 1. The molecule has 0 aliphatic carbocycles. The lowest BCUT2D eigenvalue weighted by Gasteiger charge is -2.10. The number of halogens is 1. The molecule has 1 aliphatic heterocycles. The van der Waals surface area contributed by atoms with E-state index in [1.807, 2.05) is 24.3 Å². The largest absolute Gasteiger partial charge is 0.344 e. The van der Waals surface area contributed by atoms with Crippen molar-refractivity contribution in [2.24, 2.45) is 0 Å². The first-order valence-corrected chi connectivity index (χ1v) is 7.49. The number of hydrogen-bond acceptors (Lipinski definition) is 1. The Hall–Kier alpha value is -2.42. The van der Waals surface area contributed by atoms with Crippen molar-refractivity contribution in [1.82, 2.24) is 9.55 Å². The molecule has 22 heavy (non-hydrogen) atoms. The standard InChI is InChI=1S/C19H16FN2/c1-13-17-3-2-12-22(17)19(15-4-6-16(20)7-5-15)18(13)14-8-10-21-11-9-14/h4-11H,1-3,12H2. The Morgan fingerprint density at radius 2 is 1.73 bits per heavy atom. The van der Waals surface area contributed by atoms with Crippen molar-refractivity contribution in [2.45, 2.75) is 19.4 Å². The van der Waals surface area contributed by atoms with Crippen LogP contribution in [0.2, 0.25) is 0 Å². The quantitative estimate of drug-likeness (QED) is 0.680. The summed E-state index contributed by atoms with van der Waals surface area (Å²) in [4.78, 5) is 4.10. The Labute approximate surface area is 129 Å². The summed E-state index contributed by atoms with van der Waals surface area (Å²) in [5.74, 6) is -0.211. The van der Waals surface area contributed by atoms with E-state index in [4.69, 9.17) is 0 Å². The SMILES string of the molecule is [CH2]c1c(-c2ccncc2)c(-c2ccc(F)cc2)n2c1CCC2. The van der Waals surface area contributed by atoms with Gasteiger partial charge in [-0.25, -0.2) is 4.39 Å². The van der Waals surface area contributed by atoms with Crippen molar-refractivity contribution < 1.29 is 4.39 Å². The molecule has 0 amide bonds. The highest BCUT2D eigenvalue weighted by atomic mass is 19.1. The third-order valence-corrected chi connectivity index (χ3v) is 4.36. The van der Waals surface area contributed by atoms with Crippen molar-refractivity contribution in [2.75, 3.05) is 0 Å². The van der Waals surface area contributed by atoms with Crippen LogP contribution in [0.15, 0.2) is 48.8 Å². The van der Waals surface area contributed by atoms with Crippen LogP contribution in [-0.4, -0.2) is 9.55 Å². The van der Waals surface area contributed by atoms with Gasteiger partial charge >= 0.3 is 0 Å². The molecule has 3 aromatic rings. The summed E-state index contributed by atoms with van der Waals surface area (Å²) in [7, 11) is 0. The Morgan fingerprint density at radius 1 is 1.00 bits per heavy atom. The van der Waals surface area contributed by atoms with Crippen LogP contribution in [0.25, 0.3) is 22.4 Å². The molecule has 2 nitrogen and oxygen atoms in total. The maximum absolute atomic E-state index is 13.3. The summed E-state index contributed by atoms with van der Waals surface area (Å²) in [5.41, 5.74) is 6.81. The second-order valence-electron chi connectivity index (χ2n) is 5.65. The van der Waals surface area contributed by atoms with E-state index < -0.39 is 0 Å². The van der Waals surface area contributed by atoms with Crippen LogP contribution in [0.1, 0.15) is 17.7 Å². The minimum atomic E-state index is -0.211. The molecule has 4 rings (SSSR count). The second kappa shape index (κ2) is 5.09. The van der Waals surface area contributed by atoms with Crippen LogP contribution in [0.3, 0.4) is 0 Å². The van der Waals surface area contributed by atoms with E-state index in [-0.39, 0.29) is 5.82 Å². The Kier molecular flexibility index (Phi) is 3.07. The average Bonchev–Trinajstić information content (AvgIpc) is 3.12. The van der Waals surface area contributed by atoms with Gasteiger partial charge in [0.15, 0.2) is 0 Å². The summed E-state index contributed by atoms with van der Waals surface area (Å²) in [5, 5.41) is 0. The third kappa shape index (κ3) is 1.97.